The highest BCUT2D eigenvalue weighted by Gasteiger charge is 2.15. The van der Waals surface area contributed by atoms with Crippen LogP contribution in [-0.4, -0.2) is 48.8 Å². The molecule has 0 bridgehead atoms. The third-order valence-corrected chi connectivity index (χ3v) is 3.89. The minimum absolute atomic E-state index is 0. The number of hydrogen-bond acceptors (Lipinski definition) is 5. The van der Waals surface area contributed by atoms with Gasteiger partial charge < -0.3 is 20.7 Å². The number of nitrogens with one attached hydrogen (secondary N) is 3. The lowest BCUT2D eigenvalue weighted by Crippen LogP contribution is -2.38. The number of alkyl carbamates (subject to hydrolysis) is 1. The van der Waals surface area contributed by atoms with Crippen LogP contribution in [0.5, 0.6) is 0 Å². The number of aliphatic imine (C=N–C) groups is 1. The van der Waals surface area contributed by atoms with Crippen molar-refractivity contribution in [2.45, 2.75) is 53.1 Å². The Morgan fingerprint density at radius 1 is 1.27 bits per heavy atom. The number of carbonyl (C=O) groups excluding carboxylic acids is 1. The topological polar surface area (TPSA) is 87.6 Å². The van der Waals surface area contributed by atoms with Crippen LogP contribution in [-0.2, 0) is 11.2 Å². The van der Waals surface area contributed by atoms with E-state index in [1.54, 1.807) is 11.3 Å². The molecule has 0 unspecified atom stereocenters. The quantitative estimate of drug-likeness (QED) is 0.223. The van der Waals surface area contributed by atoms with Crippen molar-refractivity contribution in [1.29, 1.82) is 0 Å². The second-order valence-corrected chi connectivity index (χ2v) is 7.90. The largest absolute Gasteiger partial charge is 0.444 e. The van der Waals surface area contributed by atoms with Crippen LogP contribution in [0.4, 0.5) is 4.79 Å². The van der Waals surface area contributed by atoms with Crippen LogP contribution < -0.4 is 16.0 Å². The number of guanidine groups is 1. The molecule has 3 N–H and O–H groups in total. The van der Waals surface area contributed by atoms with Crippen molar-refractivity contribution >= 4 is 47.4 Å². The van der Waals surface area contributed by atoms with E-state index in [4.69, 9.17) is 4.74 Å². The predicted molar refractivity (Wildman–Crippen MR) is 119 cm³/mol. The maximum Gasteiger partial charge on any atom is 0.407 e. The molecule has 0 aliphatic carbocycles. The van der Waals surface area contributed by atoms with Gasteiger partial charge in [-0.15, -0.1) is 35.3 Å². The van der Waals surface area contributed by atoms with Gasteiger partial charge in [-0.25, -0.2) is 9.78 Å². The number of amides is 1. The lowest BCUT2D eigenvalue weighted by molar-refractivity contribution is 0.0527. The second-order valence-electron chi connectivity index (χ2n) is 6.58. The molecule has 0 saturated heterocycles. The van der Waals surface area contributed by atoms with Gasteiger partial charge in [0.05, 0.1) is 5.01 Å². The van der Waals surface area contributed by atoms with E-state index in [0.717, 1.165) is 36.9 Å². The summed E-state index contributed by atoms with van der Waals surface area (Å²) >= 11 is 1.72. The number of rotatable bonds is 8. The maximum absolute atomic E-state index is 11.5. The zero-order chi connectivity index (χ0) is 18.7. The second kappa shape index (κ2) is 13.1. The van der Waals surface area contributed by atoms with Gasteiger partial charge in [0.15, 0.2) is 5.96 Å². The summed E-state index contributed by atoms with van der Waals surface area (Å²) in [5.74, 6) is 0.785. The first-order chi connectivity index (χ1) is 11.8. The van der Waals surface area contributed by atoms with Gasteiger partial charge in [0.1, 0.15) is 5.60 Å². The Kier molecular flexibility index (Phi) is 12.6. The average Bonchev–Trinajstić information content (AvgIpc) is 2.90. The number of ether oxygens (including phenoxy) is 1. The van der Waals surface area contributed by atoms with Gasteiger partial charge in [-0.2, -0.15) is 0 Å². The third-order valence-electron chi connectivity index (χ3n) is 2.92. The molecule has 0 radical (unpaired) electrons. The van der Waals surface area contributed by atoms with Crippen molar-refractivity contribution in [3.05, 3.63) is 16.1 Å². The van der Waals surface area contributed by atoms with Crippen molar-refractivity contribution in [3.63, 3.8) is 0 Å². The number of aromatic nitrogens is 1. The normalized spacial score (nSPS) is 11.5. The Bertz CT molecular complexity index is 558. The lowest BCUT2D eigenvalue weighted by Gasteiger charge is -2.19. The number of carbonyl (C=O) groups is 1. The molecule has 0 aromatic carbocycles. The summed E-state index contributed by atoms with van der Waals surface area (Å²) in [5, 5.41) is 10.4. The van der Waals surface area contributed by atoms with E-state index in [-0.39, 0.29) is 30.1 Å². The zero-order valence-electron chi connectivity index (χ0n) is 16.3. The zero-order valence-corrected chi connectivity index (χ0v) is 19.5. The minimum Gasteiger partial charge on any atom is -0.444 e. The predicted octanol–water partition coefficient (Wildman–Crippen LogP) is 3.08. The molecule has 150 valence electrons. The molecule has 7 nitrogen and oxygen atoms in total. The third kappa shape index (κ3) is 12.3. The molecular formula is C17H32IN5O2S. The van der Waals surface area contributed by atoms with Gasteiger partial charge in [-0.3, -0.25) is 4.99 Å². The Morgan fingerprint density at radius 3 is 2.58 bits per heavy atom. The Balaban J connectivity index is 0.00000625. The minimum atomic E-state index is -0.472. The molecule has 26 heavy (non-hydrogen) atoms. The van der Waals surface area contributed by atoms with Gasteiger partial charge in [0.2, 0.25) is 0 Å². The van der Waals surface area contributed by atoms with E-state index in [1.807, 2.05) is 33.9 Å². The van der Waals surface area contributed by atoms with E-state index in [9.17, 15) is 4.79 Å². The van der Waals surface area contributed by atoms with E-state index in [1.165, 1.54) is 4.88 Å². The monoisotopic (exact) mass is 497 g/mol. The van der Waals surface area contributed by atoms with Gasteiger partial charge in [0.25, 0.3) is 0 Å². The highest BCUT2D eigenvalue weighted by atomic mass is 127. The van der Waals surface area contributed by atoms with Gasteiger partial charge in [-0.05, 0) is 41.0 Å². The molecule has 0 fully saturated rings. The fraction of sp³-hybridized carbons (Fsp3) is 0.706. The highest BCUT2D eigenvalue weighted by molar-refractivity contribution is 14.0. The summed E-state index contributed by atoms with van der Waals surface area (Å²) in [4.78, 5) is 21.6. The van der Waals surface area contributed by atoms with Gasteiger partial charge >= 0.3 is 6.09 Å². The van der Waals surface area contributed by atoms with Crippen molar-refractivity contribution < 1.29 is 9.53 Å². The van der Waals surface area contributed by atoms with Crippen molar-refractivity contribution in [2.75, 3.05) is 26.2 Å². The van der Waals surface area contributed by atoms with E-state index >= 15 is 0 Å². The molecule has 1 rings (SSSR count). The average molecular weight is 497 g/mol. The maximum atomic E-state index is 11.5. The molecule has 9 heteroatoms. The smallest absolute Gasteiger partial charge is 0.407 e. The first kappa shape index (κ1) is 24.9. The molecule has 1 amide bonds. The number of thiazole rings is 1. The standard InChI is InChI=1S/C17H31N5O2S.HI/c1-6-18-15(20-11-8-14-22-12-13(2)25-14)19-9-7-10-21-16(23)24-17(3,4)5;/h12H,6-11H2,1-5H3,(H,21,23)(H2,18,19,20);1H. The number of halogens is 1. The van der Waals surface area contributed by atoms with Crippen LogP contribution in [0.2, 0.25) is 0 Å². The van der Waals surface area contributed by atoms with Crippen LogP contribution >= 0.6 is 35.3 Å². The summed E-state index contributed by atoms with van der Waals surface area (Å²) in [6.07, 6.45) is 3.14. The summed E-state index contributed by atoms with van der Waals surface area (Å²) < 4.78 is 5.19. The van der Waals surface area contributed by atoms with Crippen LogP contribution in [0.3, 0.4) is 0 Å². The summed E-state index contributed by atoms with van der Waals surface area (Å²) in [7, 11) is 0. The fourth-order valence-corrected chi connectivity index (χ4v) is 2.71. The summed E-state index contributed by atoms with van der Waals surface area (Å²) in [5.41, 5.74) is -0.472. The summed E-state index contributed by atoms with van der Waals surface area (Å²) in [6, 6.07) is 0. The van der Waals surface area contributed by atoms with Crippen LogP contribution in [0.15, 0.2) is 11.2 Å². The van der Waals surface area contributed by atoms with E-state index in [2.05, 4.69) is 32.9 Å². The molecule has 0 saturated carbocycles. The molecule has 1 aromatic heterocycles. The first-order valence-electron chi connectivity index (χ1n) is 8.70. The molecule has 0 aliphatic heterocycles. The van der Waals surface area contributed by atoms with Gasteiger partial charge in [-0.1, -0.05) is 0 Å². The van der Waals surface area contributed by atoms with Gasteiger partial charge in [0, 0.05) is 43.7 Å². The number of aryl methyl sites for hydroxylation is 1. The molecule has 1 aromatic rings. The highest BCUT2D eigenvalue weighted by Crippen LogP contribution is 2.10. The molecule has 1 heterocycles. The molecule has 0 spiro atoms. The number of hydrogen-bond donors (Lipinski definition) is 3. The molecular weight excluding hydrogens is 465 g/mol. The molecule has 0 atom stereocenters. The fourth-order valence-electron chi connectivity index (χ4n) is 1.92. The van der Waals surface area contributed by atoms with Crippen LogP contribution in [0.25, 0.3) is 0 Å². The van der Waals surface area contributed by atoms with Crippen molar-refractivity contribution in [1.82, 2.24) is 20.9 Å². The number of nitrogens with zero attached hydrogens (tertiary/aromatic N) is 2. The Hall–Kier alpha value is -1.10. The first-order valence-corrected chi connectivity index (χ1v) is 9.52. The lowest BCUT2D eigenvalue weighted by atomic mass is 10.2. The van der Waals surface area contributed by atoms with E-state index < -0.39 is 5.60 Å². The van der Waals surface area contributed by atoms with E-state index in [0.29, 0.717) is 13.1 Å². The van der Waals surface area contributed by atoms with Crippen LogP contribution in [0.1, 0.15) is 44.0 Å². The van der Waals surface area contributed by atoms with Crippen molar-refractivity contribution in [3.8, 4) is 0 Å². The molecule has 0 aliphatic rings. The SMILES string of the molecule is CCNC(=NCCCNC(=O)OC(C)(C)C)NCCc1ncc(C)s1.I. The van der Waals surface area contributed by atoms with Crippen molar-refractivity contribution in [2.24, 2.45) is 4.99 Å². The Morgan fingerprint density at radius 2 is 2.00 bits per heavy atom. The van der Waals surface area contributed by atoms with Crippen LogP contribution in [0, 0.1) is 6.92 Å². The summed E-state index contributed by atoms with van der Waals surface area (Å²) in [6.45, 7) is 12.4. The Labute approximate surface area is 177 Å².